The minimum atomic E-state index is -0.682. The first kappa shape index (κ1) is 25.5. The van der Waals surface area contributed by atoms with Crippen LogP contribution in [0.4, 0.5) is 0 Å². The Bertz CT molecular complexity index is 1310. The molecule has 2 aromatic carbocycles. The molecule has 2 rings (SSSR count). The van der Waals surface area contributed by atoms with Gasteiger partial charge in [0.05, 0.1) is 11.1 Å². The molecule has 0 radical (unpaired) electrons. The van der Waals surface area contributed by atoms with Gasteiger partial charge in [0.15, 0.2) is 5.76 Å². The Balaban J connectivity index is 2.26. The molecule has 5 nitrogen and oxygen atoms in total. The lowest BCUT2D eigenvalue weighted by molar-refractivity contribution is -0.131. The molecule has 5 heteroatoms. The Kier molecular flexibility index (Phi) is 10.2. The van der Waals surface area contributed by atoms with Crippen LogP contribution in [0, 0.1) is 11.3 Å². The number of nitrogens with zero attached hydrogens (tertiary/aromatic N) is 1. The first-order chi connectivity index (χ1) is 16.5. The van der Waals surface area contributed by atoms with E-state index < -0.39 is 11.9 Å². The number of ether oxygens (including phenoxy) is 2. The van der Waals surface area contributed by atoms with Crippen molar-refractivity contribution in [3.63, 3.8) is 0 Å². The van der Waals surface area contributed by atoms with Crippen LogP contribution in [-0.2, 0) is 16.0 Å². The number of benzene rings is 2. The molecule has 0 heterocycles. The third-order valence-electron chi connectivity index (χ3n) is 4.58. The number of unbranched alkanes of at least 4 members (excludes halogenated alkanes) is 2. The van der Waals surface area contributed by atoms with Crippen LogP contribution in [0.3, 0.4) is 0 Å². The Morgan fingerprint density at radius 2 is 1.76 bits per heavy atom. The summed E-state index contributed by atoms with van der Waals surface area (Å²) in [5, 5.41) is 9.47. The summed E-state index contributed by atoms with van der Waals surface area (Å²) in [4.78, 5) is 24.3. The number of carbonyl (C=O) groups is 2. The van der Waals surface area contributed by atoms with Gasteiger partial charge in [-0.1, -0.05) is 38.1 Å². The molecular weight excluding hydrogens is 426 g/mol. The fourth-order valence-electron chi connectivity index (χ4n) is 2.87. The van der Waals surface area contributed by atoms with E-state index in [1.165, 1.54) is 12.1 Å². The summed E-state index contributed by atoms with van der Waals surface area (Å²) in [5.41, 5.74) is 14.5. The van der Waals surface area contributed by atoms with Crippen molar-refractivity contribution < 1.29 is 19.1 Å². The highest BCUT2D eigenvalue weighted by molar-refractivity contribution is 5.92. The molecule has 2 aromatic rings. The molecule has 0 fully saturated rings. The maximum atomic E-state index is 12.6. The van der Waals surface area contributed by atoms with E-state index in [4.69, 9.17) is 9.47 Å². The summed E-state index contributed by atoms with van der Waals surface area (Å²) in [5.74, 6) is -1.05. The van der Waals surface area contributed by atoms with Crippen molar-refractivity contribution in [2.75, 3.05) is 0 Å². The van der Waals surface area contributed by atoms with Crippen molar-refractivity contribution in [2.24, 2.45) is 0 Å². The SMILES string of the molecule is C=C=C=C=C=C=C(OC(=O)C=C)c1ccc(C(=O)Oc2ccc(CCCCC)cc2C#N)cc1. The molecule has 0 amide bonds. The van der Waals surface area contributed by atoms with E-state index in [-0.39, 0.29) is 17.1 Å². The number of hydrogen-bond acceptors (Lipinski definition) is 5. The van der Waals surface area contributed by atoms with E-state index in [1.54, 1.807) is 24.3 Å². The van der Waals surface area contributed by atoms with Crippen molar-refractivity contribution in [3.8, 4) is 11.8 Å². The van der Waals surface area contributed by atoms with Crippen LogP contribution in [0.2, 0.25) is 0 Å². The van der Waals surface area contributed by atoms with Gasteiger partial charge in [-0.25, -0.2) is 9.59 Å². The summed E-state index contributed by atoms with van der Waals surface area (Å²) in [6.45, 7) is 8.85. The van der Waals surface area contributed by atoms with E-state index in [9.17, 15) is 14.9 Å². The highest BCUT2D eigenvalue weighted by atomic mass is 16.5. The fraction of sp³-hybridized carbons (Fsp3) is 0.172. The number of esters is 2. The molecule has 0 saturated carbocycles. The van der Waals surface area contributed by atoms with Crippen molar-refractivity contribution in [1.82, 2.24) is 0 Å². The molecule has 0 N–H and O–H groups in total. The van der Waals surface area contributed by atoms with E-state index in [2.05, 4.69) is 54.8 Å². The molecule has 0 aliphatic carbocycles. The van der Waals surface area contributed by atoms with Crippen LogP contribution in [0.5, 0.6) is 5.75 Å². The molecule has 34 heavy (non-hydrogen) atoms. The standard InChI is InChI=1S/C29H23NO4/c1-4-7-9-11-13-26(33-28(31)6-3)23-15-17-24(18-16-23)29(32)34-27-19-14-22(12-10-8-5-2)20-25(27)21-30/h6,14-20H,1,3,5,8,10,12H2,2H3. The zero-order valence-corrected chi connectivity index (χ0v) is 18.9. The maximum Gasteiger partial charge on any atom is 0.343 e. The van der Waals surface area contributed by atoms with Gasteiger partial charge in [0, 0.05) is 11.6 Å². The van der Waals surface area contributed by atoms with Gasteiger partial charge in [-0.3, -0.25) is 0 Å². The third kappa shape index (κ3) is 7.74. The zero-order valence-electron chi connectivity index (χ0n) is 18.9. The Hall–Kier alpha value is -4.75. The highest BCUT2D eigenvalue weighted by Crippen LogP contribution is 2.23. The van der Waals surface area contributed by atoms with E-state index in [0.717, 1.165) is 37.3 Å². The van der Waals surface area contributed by atoms with Crippen LogP contribution < -0.4 is 4.74 Å². The predicted molar refractivity (Wildman–Crippen MR) is 129 cm³/mol. The Morgan fingerprint density at radius 3 is 2.41 bits per heavy atom. The van der Waals surface area contributed by atoms with Crippen LogP contribution in [-0.4, -0.2) is 11.9 Å². The molecule has 0 aromatic heterocycles. The van der Waals surface area contributed by atoms with Crippen molar-refractivity contribution in [2.45, 2.75) is 32.6 Å². The second-order valence-corrected chi connectivity index (χ2v) is 7.00. The molecule has 0 atom stereocenters. The molecule has 0 aliphatic rings. The van der Waals surface area contributed by atoms with Gasteiger partial charge in [0.1, 0.15) is 11.8 Å². The first-order valence-electron chi connectivity index (χ1n) is 10.6. The summed E-state index contributed by atoms with van der Waals surface area (Å²) >= 11 is 0. The van der Waals surface area contributed by atoms with Gasteiger partial charge in [0.25, 0.3) is 0 Å². The molecule has 0 bridgehead atoms. The Morgan fingerprint density at radius 1 is 1.03 bits per heavy atom. The number of nitriles is 1. The average Bonchev–Trinajstić information content (AvgIpc) is 2.86. The quantitative estimate of drug-likeness (QED) is 0.117. The van der Waals surface area contributed by atoms with Gasteiger partial charge in [0.2, 0.25) is 0 Å². The normalized spacial score (nSPS) is 9.06. The second-order valence-electron chi connectivity index (χ2n) is 7.00. The van der Waals surface area contributed by atoms with Gasteiger partial charge < -0.3 is 9.47 Å². The molecular formula is C29H23NO4. The minimum absolute atomic E-state index is 0.0496. The topological polar surface area (TPSA) is 76.4 Å². The number of aryl methyl sites for hydroxylation is 1. The summed E-state index contributed by atoms with van der Waals surface area (Å²) < 4.78 is 10.6. The lowest BCUT2D eigenvalue weighted by Gasteiger charge is -2.09. The largest absolute Gasteiger partial charge is 0.422 e. The van der Waals surface area contributed by atoms with Gasteiger partial charge in [-0.05, 0) is 84.3 Å². The highest BCUT2D eigenvalue weighted by Gasteiger charge is 2.14. The van der Waals surface area contributed by atoms with Crippen molar-refractivity contribution >= 4 is 17.7 Å². The summed E-state index contributed by atoms with van der Waals surface area (Å²) in [7, 11) is 0. The smallest absolute Gasteiger partial charge is 0.343 e. The lowest BCUT2D eigenvalue weighted by atomic mass is 10.0. The lowest BCUT2D eigenvalue weighted by Crippen LogP contribution is -2.10. The maximum absolute atomic E-state index is 12.6. The van der Waals surface area contributed by atoms with Crippen LogP contribution >= 0.6 is 0 Å². The van der Waals surface area contributed by atoms with Crippen LogP contribution in [0.25, 0.3) is 5.76 Å². The third-order valence-corrected chi connectivity index (χ3v) is 4.58. The second kappa shape index (κ2) is 13.6. The van der Waals surface area contributed by atoms with Gasteiger partial charge >= 0.3 is 11.9 Å². The van der Waals surface area contributed by atoms with Crippen LogP contribution in [0.1, 0.15) is 53.2 Å². The molecule has 0 unspecified atom stereocenters. The Labute approximate surface area is 199 Å². The molecule has 168 valence electrons. The molecule has 0 aliphatic heterocycles. The average molecular weight is 450 g/mol. The van der Waals surface area contributed by atoms with Crippen molar-refractivity contribution in [1.29, 1.82) is 5.26 Å². The van der Waals surface area contributed by atoms with Crippen molar-refractivity contribution in [3.05, 3.63) is 113 Å². The van der Waals surface area contributed by atoms with E-state index in [1.807, 2.05) is 6.07 Å². The number of carbonyl (C=O) groups excluding carboxylic acids is 2. The minimum Gasteiger partial charge on any atom is -0.422 e. The van der Waals surface area contributed by atoms with Gasteiger partial charge in [-0.2, -0.15) is 5.26 Å². The van der Waals surface area contributed by atoms with E-state index >= 15 is 0 Å². The molecule has 0 saturated heterocycles. The number of rotatable bonds is 9. The predicted octanol–water partition coefficient (Wildman–Crippen LogP) is 5.99. The summed E-state index contributed by atoms with van der Waals surface area (Å²) in [6.07, 6.45) is 5.15. The van der Waals surface area contributed by atoms with E-state index in [0.29, 0.717) is 11.1 Å². The fourth-order valence-corrected chi connectivity index (χ4v) is 2.87. The first-order valence-corrected chi connectivity index (χ1v) is 10.6. The molecule has 0 spiro atoms. The monoisotopic (exact) mass is 449 g/mol. The van der Waals surface area contributed by atoms with Crippen LogP contribution in [0.15, 0.2) is 90.4 Å². The number of hydrogen-bond donors (Lipinski definition) is 0. The summed E-state index contributed by atoms with van der Waals surface area (Å²) in [6, 6.07) is 13.5. The van der Waals surface area contributed by atoms with Gasteiger partial charge in [-0.15, -0.1) is 0 Å². The zero-order chi connectivity index (χ0) is 24.8.